The third-order valence-electron chi connectivity index (χ3n) is 3.73. The van der Waals surface area contributed by atoms with Gasteiger partial charge in [0.2, 0.25) is 0 Å². The molecule has 0 saturated carbocycles. The van der Waals surface area contributed by atoms with Gasteiger partial charge in [-0.2, -0.15) is 0 Å². The van der Waals surface area contributed by atoms with E-state index in [1.807, 2.05) is 31.2 Å². The Kier molecular flexibility index (Phi) is 4.42. The summed E-state index contributed by atoms with van der Waals surface area (Å²) in [4.78, 5) is 13.7. The molecule has 0 radical (unpaired) electrons. The van der Waals surface area contributed by atoms with Gasteiger partial charge >= 0.3 is 6.09 Å². The molecule has 1 N–H and O–H groups in total. The van der Waals surface area contributed by atoms with Crippen molar-refractivity contribution in [3.63, 3.8) is 0 Å². The van der Waals surface area contributed by atoms with E-state index in [9.17, 15) is 9.90 Å². The first kappa shape index (κ1) is 15.6. The molecule has 0 aromatic heterocycles. The summed E-state index contributed by atoms with van der Waals surface area (Å²) in [5, 5.41) is 9.89. The van der Waals surface area contributed by atoms with Crippen molar-refractivity contribution < 1.29 is 19.4 Å². The van der Waals surface area contributed by atoms with Gasteiger partial charge in [0.05, 0.1) is 18.8 Å². The molecule has 116 valence electrons. The van der Waals surface area contributed by atoms with Crippen LogP contribution in [0.15, 0.2) is 24.3 Å². The van der Waals surface area contributed by atoms with Crippen LogP contribution in [0.5, 0.6) is 5.75 Å². The predicted molar refractivity (Wildman–Crippen MR) is 79.2 cm³/mol. The van der Waals surface area contributed by atoms with Crippen LogP contribution in [-0.2, 0) is 11.3 Å². The molecule has 0 spiro atoms. The zero-order valence-corrected chi connectivity index (χ0v) is 13.0. The summed E-state index contributed by atoms with van der Waals surface area (Å²) in [7, 11) is 1.62. The first-order valence-corrected chi connectivity index (χ1v) is 7.13. The second kappa shape index (κ2) is 5.93. The summed E-state index contributed by atoms with van der Waals surface area (Å²) in [6.07, 6.45) is -0.178. The number of nitrogens with zero attached hydrogens (tertiary/aromatic N) is 1. The Morgan fingerprint density at radius 2 is 1.95 bits per heavy atom. The summed E-state index contributed by atoms with van der Waals surface area (Å²) in [6.45, 7) is 5.89. The van der Waals surface area contributed by atoms with E-state index < -0.39 is 5.60 Å². The fourth-order valence-electron chi connectivity index (χ4n) is 2.50. The second-order valence-electron chi connectivity index (χ2n) is 6.16. The Labute approximate surface area is 125 Å². The van der Waals surface area contributed by atoms with Crippen LogP contribution in [0, 0.1) is 0 Å². The first-order valence-electron chi connectivity index (χ1n) is 7.13. The van der Waals surface area contributed by atoms with E-state index in [2.05, 4.69) is 0 Å². The van der Waals surface area contributed by atoms with Gasteiger partial charge in [0.25, 0.3) is 0 Å². The Balaban J connectivity index is 2.04. The van der Waals surface area contributed by atoms with Crippen LogP contribution in [0.2, 0.25) is 0 Å². The Hall–Kier alpha value is -1.75. The lowest BCUT2D eigenvalue weighted by Crippen LogP contribution is -2.37. The highest BCUT2D eigenvalue weighted by molar-refractivity contribution is 5.70. The van der Waals surface area contributed by atoms with E-state index in [0.717, 1.165) is 11.3 Å². The van der Waals surface area contributed by atoms with Crippen molar-refractivity contribution >= 4 is 6.09 Å². The zero-order chi connectivity index (χ0) is 15.6. The van der Waals surface area contributed by atoms with Gasteiger partial charge < -0.3 is 14.6 Å². The molecule has 1 heterocycles. The number of carbonyl (C=O) groups is 1. The molecular weight excluding hydrogens is 270 g/mol. The van der Waals surface area contributed by atoms with Crippen LogP contribution in [0.25, 0.3) is 0 Å². The van der Waals surface area contributed by atoms with E-state index in [0.29, 0.717) is 13.0 Å². The average molecular weight is 293 g/mol. The van der Waals surface area contributed by atoms with Gasteiger partial charge in [0, 0.05) is 13.0 Å². The number of hydrogen-bond acceptors (Lipinski definition) is 4. The molecule has 2 rings (SSSR count). The maximum atomic E-state index is 12.0. The van der Waals surface area contributed by atoms with Crippen LogP contribution in [0.1, 0.15) is 32.8 Å². The smallest absolute Gasteiger partial charge is 0.410 e. The highest BCUT2D eigenvalue weighted by Crippen LogP contribution is 2.27. The molecule has 1 fully saturated rings. The summed E-state index contributed by atoms with van der Waals surface area (Å²) < 4.78 is 10.5. The van der Waals surface area contributed by atoms with Crippen LogP contribution in [0.3, 0.4) is 0 Å². The quantitative estimate of drug-likeness (QED) is 0.906. The molecule has 1 amide bonds. The van der Waals surface area contributed by atoms with Crippen LogP contribution >= 0.6 is 0 Å². The summed E-state index contributed by atoms with van der Waals surface area (Å²) >= 11 is 0. The van der Waals surface area contributed by atoms with Gasteiger partial charge in [-0.15, -0.1) is 0 Å². The van der Waals surface area contributed by atoms with E-state index in [4.69, 9.17) is 9.47 Å². The van der Waals surface area contributed by atoms with E-state index in [1.165, 1.54) is 0 Å². The minimum absolute atomic E-state index is 0.0639. The third-order valence-corrected chi connectivity index (χ3v) is 3.73. The number of carbonyl (C=O) groups excluding carboxylic acids is 1. The molecule has 1 unspecified atom stereocenters. The SMILES string of the molecule is COc1ccc(CN2C(=O)OC(CC(C)(C)O)[C@@H]2C)cc1. The van der Waals surface area contributed by atoms with E-state index in [1.54, 1.807) is 25.9 Å². The fourth-order valence-corrected chi connectivity index (χ4v) is 2.50. The van der Waals surface area contributed by atoms with Crippen molar-refractivity contribution in [3.8, 4) is 5.75 Å². The van der Waals surface area contributed by atoms with Crippen LogP contribution < -0.4 is 4.74 Å². The largest absolute Gasteiger partial charge is 0.497 e. The van der Waals surface area contributed by atoms with E-state index >= 15 is 0 Å². The van der Waals surface area contributed by atoms with Gasteiger partial charge in [-0.1, -0.05) is 12.1 Å². The van der Waals surface area contributed by atoms with Crippen molar-refractivity contribution in [1.29, 1.82) is 0 Å². The number of methoxy groups -OCH3 is 1. The van der Waals surface area contributed by atoms with Gasteiger partial charge in [0.15, 0.2) is 0 Å². The predicted octanol–water partition coefficient (Wildman–Crippen LogP) is 2.57. The second-order valence-corrected chi connectivity index (χ2v) is 6.16. The van der Waals surface area contributed by atoms with Crippen molar-refractivity contribution in [3.05, 3.63) is 29.8 Å². The fraction of sp³-hybridized carbons (Fsp3) is 0.562. The monoisotopic (exact) mass is 293 g/mol. The topological polar surface area (TPSA) is 59.0 Å². The maximum absolute atomic E-state index is 12.0. The van der Waals surface area contributed by atoms with E-state index in [-0.39, 0.29) is 18.2 Å². The summed E-state index contributed by atoms with van der Waals surface area (Å²) in [5.74, 6) is 0.788. The molecule has 0 bridgehead atoms. The third kappa shape index (κ3) is 3.88. The number of aliphatic hydroxyl groups is 1. The maximum Gasteiger partial charge on any atom is 0.410 e. The minimum Gasteiger partial charge on any atom is -0.497 e. The first-order chi connectivity index (χ1) is 9.80. The Morgan fingerprint density at radius 1 is 1.33 bits per heavy atom. The van der Waals surface area contributed by atoms with Crippen LogP contribution in [-0.4, -0.2) is 41.0 Å². The molecule has 5 heteroatoms. The molecule has 1 saturated heterocycles. The number of hydrogen-bond donors (Lipinski definition) is 1. The standard InChI is InChI=1S/C16H23NO4/c1-11-14(9-16(2,3)19)21-15(18)17(11)10-12-5-7-13(20-4)8-6-12/h5-8,11,14,19H,9-10H2,1-4H3/t11-,14?/m0/s1. The molecule has 1 aliphatic heterocycles. The summed E-state index contributed by atoms with van der Waals surface area (Å²) in [6, 6.07) is 7.54. The Morgan fingerprint density at radius 3 is 2.48 bits per heavy atom. The Bertz CT molecular complexity index is 492. The summed E-state index contributed by atoms with van der Waals surface area (Å²) in [5.41, 5.74) is 0.165. The molecule has 1 aromatic rings. The van der Waals surface area contributed by atoms with Gasteiger partial charge in [-0.3, -0.25) is 4.90 Å². The lowest BCUT2D eigenvalue weighted by molar-refractivity contribution is 0.0189. The minimum atomic E-state index is -0.852. The molecule has 21 heavy (non-hydrogen) atoms. The van der Waals surface area contributed by atoms with Crippen molar-refractivity contribution in [2.75, 3.05) is 7.11 Å². The highest BCUT2D eigenvalue weighted by Gasteiger charge is 2.40. The number of cyclic esters (lactones) is 1. The molecule has 1 aliphatic rings. The van der Waals surface area contributed by atoms with Crippen molar-refractivity contribution in [1.82, 2.24) is 4.90 Å². The molecule has 2 atom stereocenters. The number of benzene rings is 1. The molecule has 0 aliphatic carbocycles. The lowest BCUT2D eigenvalue weighted by atomic mass is 9.97. The van der Waals surface area contributed by atoms with Gasteiger partial charge in [0.1, 0.15) is 11.9 Å². The number of amides is 1. The molecule has 1 aromatic carbocycles. The van der Waals surface area contributed by atoms with Gasteiger partial charge in [-0.05, 0) is 38.5 Å². The zero-order valence-electron chi connectivity index (χ0n) is 13.0. The lowest BCUT2D eigenvalue weighted by Gasteiger charge is -2.25. The van der Waals surface area contributed by atoms with Crippen molar-refractivity contribution in [2.24, 2.45) is 0 Å². The van der Waals surface area contributed by atoms with Gasteiger partial charge in [-0.25, -0.2) is 4.79 Å². The molecular formula is C16H23NO4. The normalized spacial score (nSPS) is 22.3. The number of rotatable bonds is 5. The van der Waals surface area contributed by atoms with Crippen LogP contribution in [0.4, 0.5) is 4.79 Å². The average Bonchev–Trinajstić information content (AvgIpc) is 2.65. The molecule has 5 nitrogen and oxygen atoms in total. The van der Waals surface area contributed by atoms with Crippen molar-refractivity contribution in [2.45, 2.75) is 51.5 Å². The number of ether oxygens (including phenoxy) is 2. The highest BCUT2D eigenvalue weighted by atomic mass is 16.6.